The molecule has 1 aliphatic heterocycles. The molecule has 1 aliphatic rings. The Bertz CT molecular complexity index is 495. The third kappa shape index (κ3) is 4.14. The Morgan fingerprint density at radius 1 is 1.38 bits per heavy atom. The van der Waals surface area contributed by atoms with Crippen LogP contribution in [-0.2, 0) is 4.74 Å². The maximum absolute atomic E-state index is 12.2. The standard InChI is InChI=1S/C16H23NO3S/c1-11-5-7-12(8-6-11)13(18)14-17(9-10-21-14)15(19)20-16(2,3)4/h5-8,13-14,18H,9-10H2,1-4H3/t13-,14-/m1/s1. The van der Waals surface area contributed by atoms with Gasteiger partial charge in [0.25, 0.3) is 0 Å². The van der Waals surface area contributed by atoms with E-state index >= 15 is 0 Å². The molecule has 0 saturated carbocycles. The largest absolute Gasteiger partial charge is 0.444 e. The van der Waals surface area contributed by atoms with Crippen molar-refractivity contribution in [3.63, 3.8) is 0 Å². The molecule has 1 saturated heterocycles. The fraction of sp³-hybridized carbons (Fsp3) is 0.562. The van der Waals surface area contributed by atoms with Crippen LogP contribution in [0.1, 0.15) is 38.0 Å². The molecule has 2 atom stereocenters. The van der Waals surface area contributed by atoms with E-state index in [0.29, 0.717) is 6.54 Å². The van der Waals surface area contributed by atoms with Crippen molar-refractivity contribution in [2.24, 2.45) is 0 Å². The molecule has 1 aromatic rings. The summed E-state index contributed by atoms with van der Waals surface area (Å²) in [6.45, 7) is 8.15. The van der Waals surface area contributed by atoms with Crippen molar-refractivity contribution in [2.45, 2.75) is 44.8 Å². The molecular formula is C16H23NO3S. The van der Waals surface area contributed by atoms with Gasteiger partial charge >= 0.3 is 6.09 Å². The highest BCUT2D eigenvalue weighted by molar-refractivity contribution is 8.00. The quantitative estimate of drug-likeness (QED) is 0.910. The van der Waals surface area contributed by atoms with Crippen LogP contribution in [0.5, 0.6) is 0 Å². The van der Waals surface area contributed by atoms with Gasteiger partial charge in [0.1, 0.15) is 17.1 Å². The lowest BCUT2D eigenvalue weighted by Crippen LogP contribution is -2.41. The molecule has 0 aromatic heterocycles. The summed E-state index contributed by atoms with van der Waals surface area (Å²) in [6, 6.07) is 7.75. The molecule has 0 radical (unpaired) electrons. The maximum atomic E-state index is 12.2. The zero-order chi connectivity index (χ0) is 15.6. The highest BCUT2D eigenvalue weighted by Gasteiger charge is 2.37. The monoisotopic (exact) mass is 309 g/mol. The highest BCUT2D eigenvalue weighted by Crippen LogP contribution is 2.35. The minimum atomic E-state index is -0.703. The van der Waals surface area contributed by atoms with Crippen molar-refractivity contribution < 1.29 is 14.6 Å². The van der Waals surface area contributed by atoms with Gasteiger partial charge in [-0.1, -0.05) is 29.8 Å². The lowest BCUT2D eigenvalue weighted by atomic mass is 10.1. The Kier molecular flexibility index (Phi) is 4.84. The Labute approximate surface area is 130 Å². The number of amides is 1. The third-order valence-corrected chi connectivity index (χ3v) is 4.52. The van der Waals surface area contributed by atoms with Gasteiger partial charge in [-0.2, -0.15) is 0 Å². The minimum Gasteiger partial charge on any atom is -0.444 e. The van der Waals surface area contributed by atoms with Crippen LogP contribution in [0.2, 0.25) is 0 Å². The van der Waals surface area contributed by atoms with Gasteiger partial charge < -0.3 is 9.84 Å². The van der Waals surface area contributed by atoms with Gasteiger partial charge in [-0.3, -0.25) is 4.90 Å². The van der Waals surface area contributed by atoms with Crippen molar-refractivity contribution in [1.29, 1.82) is 0 Å². The van der Waals surface area contributed by atoms with Gasteiger partial charge in [0.15, 0.2) is 0 Å². The predicted octanol–water partition coefficient (Wildman–Crippen LogP) is 3.34. The summed E-state index contributed by atoms with van der Waals surface area (Å²) in [4.78, 5) is 13.9. The number of thioether (sulfide) groups is 1. The second kappa shape index (κ2) is 6.28. The summed E-state index contributed by atoms with van der Waals surface area (Å²) in [7, 11) is 0. The number of carbonyl (C=O) groups excluding carboxylic acids is 1. The van der Waals surface area contributed by atoms with Crippen molar-refractivity contribution >= 4 is 17.9 Å². The third-order valence-electron chi connectivity index (χ3n) is 3.24. The van der Waals surface area contributed by atoms with E-state index in [1.165, 1.54) is 0 Å². The number of ether oxygens (including phenoxy) is 1. The molecule has 21 heavy (non-hydrogen) atoms. The minimum absolute atomic E-state index is 0.289. The SMILES string of the molecule is Cc1ccc([C@@H](O)[C@H]2SCCN2C(=O)OC(C)(C)C)cc1. The Morgan fingerprint density at radius 2 is 2.00 bits per heavy atom. The molecule has 1 fully saturated rings. The van der Waals surface area contributed by atoms with E-state index in [-0.39, 0.29) is 11.5 Å². The lowest BCUT2D eigenvalue weighted by molar-refractivity contribution is 0.0133. The lowest BCUT2D eigenvalue weighted by Gasteiger charge is -2.30. The molecule has 1 N–H and O–H groups in total. The zero-order valence-electron chi connectivity index (χ0n) is 13.0. The van der Waals surface area contributed by atoms with Crippen LogP contribution in [0.15, 0.2) is 24.3 Å². The van der Waals surface area contributed by atoms with Gasteiger partial charge in [0.05, 0.1) is 0 Å². The van der Waals surface area contributed by atoms with Crippen molar-refractivity contribution in [1.82, 2.24) is 4.90 Å². The van der Waals surface area contributed by atoms with Crippen molar-refractivity contribution in [2.75, 3.05) is 12.3 Å². The smallest absolute Gasteiger partial charge is 0.411 e. The normalized spacial score (nSPS) is 20.4. The molecular weight excluding hydrogens is 286 g/mol. The average Bonchev–Trinajstić information content (AvgIpc) is 2.86. The van der Waals surface area contributed by atoms with E-state index in [1.54, 1.807) is 16.7 Å². The molecule has 0 spiro atoms. The van der Waals surface area contributed by atoms with Gasteiger partial charge in [-0.15, -0.1) is 11.8 Å². The van der Waals surface area contributed by atoms with Gasteiger partial charge in [0.2, 0.25) is 0 Å². The summed E-state index contributed by atoms with van der Waals surface area (Å²) in [5, 5.41) is 10.3. The number of rotatable bonds is 2. The van der Waals surface area contributed by atoms with E-state index in [0.717, 1.165) is 16.9 Å². The first kappa shape index (κ1) is 16.2. The van der Waals surface area contributed by atoms with Gasteiger partial charge in [-0.25, -0.2) is 4.79 Å². The molecule has 5 heteroatoms. The Morgan fingerprint density at radius 3 is 2.57 bits per heavy atom. The summed E-state index contributed by atoms with van der Waals surface area (Å²) in [5.74, 6) is 0.812. The van der Waals surface area contributed by atoms with Crippen LogP contribution < -0.4 is 0 Å². The fourth-order valence-electron chi connectivity index (χ4n) is 2.19. The molecule has 116 valence electrons. The van der Waals surface area contributed by atoms with Gasteiger partial charge in [-0.05, 0) is 33.3 Å². The first-order valence-corrected chi connectivity index (χ1v) is 8.19. The average molecular weight is 309 g/mol. The molecule has 2 rings (SSSR count). The van der Waals surface area contributed by atoms with E-state index < -0.39 is 11.7 Å². The highest BCUT2D eigenvalue weighted by atomic mass is 32.2. The molecule has 0 bridgehead atoms. The number of carbonyl (C=O) groups is 1. The number of benzene rings is 1. The van der Waals surface area contributed by atoms with Gasteiger partial charge in [0, 0.05) is 12.3 Å². The zero-order valence-corrected chi connectivity index (χ0v) is 13.8. The number of aliphatic hydroxyl groups excluding tert-OH is 1. The van der Waals surface area contributed by atoms with Crippen LogP contribution in [0.3, 0.4) is 0 Å². The van der Waals surface area contributed by atoms with Crippen molar-refractivity contribution in [3.8, 4) is 0 Å². The molecule has 0 unspecified atom stereocenters. The predicted molar refractivity (Wildman–Crippen MR) is 85.3 cm³/mol. The Hall–Kier alpha value is -1.20. The summed E-state index contributed by atoms with van der Waals surface area (Å²) >= 11 is 1.59. The number of hydrogen-bond donors (Lipinski definition) is 1. The molecule has 1 heterocycles. The number of hydrogen-bond acceptors (Lipinski definition) is 4. The van der Waals surface area contributed by atoms with Crippen LogP contribution in [0.25, 0.3) is 0 Å². The molecule has 1 aromatic carbocycles. The first-order valence-electron chi connectivity index (χ1n) is 7.14. The number of aryl methyl sites for hydroxylation is 1. The summed E-state index contributed by atoms with van der Waals surface area (Å²) < 4.78 is 5.42. The number of aliphatic hydroxyl groups is 1. The molecule has 0 aliphatic carbocycles. The van der Waals surface area contributed by atoms with Crippen molar-refractivity contribution in [3.05, 3.63) is 35.4 Å². The summed E-state index contributed by atoms with van der Waals surface area (Å²) in [6.07, 6.45) is -1.06. The number of nitrogens with zero attached hydrogens (tertiary/aromatic N) is 1. The van der Waals surface area contributed by atoms with E-state index in [4.69, 9.17) is 4.74 Å². The van der Waals surface area contributed by atoms with Crippen LogP contribution in [0.4, 0.5) is 4.79 Å². The van der Waals surface area contributed by atoms with Crippen LogP contribution >= 0.6 is 11.8 Å². The Balaban J connectivity index is 2.10. The second-order valence-corrected chi connectivity index (χ2v) is 7.52. The maximum Gasteiger partial charge on any atom is 0.411 e. The van der Waals surface area contributed by atoms with E-state index in [9.17, 15) is 9.90 Å². The second-order valence-electron chi connectivity index (χ2n) is 6.29. The van der Waals surface area contributed by atoms with Crippen LogP contribution in [-0.4, -0.2) is 39.4 Å². The first-order chi connectivity index (χ1) is 9.78. The van der Waals surface area contributed by atoms with Crippen LogP contribution in [0, 0.1) is 6.92 Å². The molecule has 1 amide bonds. The topological polar surface area (TPSA) is 49.8 Å². The fourth-order valence-corrected chi connectivity index (χ4v) is 3.45. The van der Waals surface area contributed by atoms with E-state index in [2.05, 4.69) is 0 Å². The van der Waals surface area contributed by atoms with E-state index in [1.807, 2.05) is 52.0 Å². The summed E-state index contributed by atoms with van der Waals surface area (Å²) in [5.41, 5.74) is 1.45. The molecule has 4 nitrogen and oxygen atoms in total.